The number of fused-ring (bicyclic) bond motifs is 1. The van der Waals surface area contributed by atoms with Gasteiger partial charge in [0.05, 0.1) is 33.8 Å². The highest BCUT2D eigenvalue weighted by Crippen LogP contribution is 2.56. The molecular weight excluding hydrogens is 869 g/mol. The Balaban J connectivity index is 1.20. The molecule has 1 aliphatic rings. The number of amides is 2. The number of thioether (sulfide) groups is 1. The van der Waals surface area contributed by atoms with Gasteiger partial charge < -0.3 is 74.8 Å². The third kappa shape index (κ3) is 14.4. The number of hydrogen-bond donors (Lipinski definition) is 6. The van der Waals surface area contributed by atoms with Gasteiger partial charge in [0.1, 0.15) is 42.3 Å². The maximum Gasteiger partial charge on any atom is 0.274 e. The number of imidazole rings is 1. The van der Waals surface area contributed by atoms with E-state index in [2.05, 4.69) is 49.2 Å². The van der Waals surface area contributed by atoms with Crippen LogP contribution in [0.2, 0.25) is 0 Å². The number of nitrogens with one attached hydrogen (secondary N) is 2. The van der Waals surface area contributed by atoms with Crippen LogP contribution >= 0.6 is 35.2 Å². The SMILES string of the molecule is CC(C)(COP(=O)([O-])OP(=O)([O-])OC[C@H]1O[C@@H](n2cnc3c(N)ncnc32)[C@H](O)[C@@H]1OP(=O)([O-])[O-])[C@@H](O)C(=O)NCCC(=O)NCCSC(=O)CC([NH3+])c1ccccc1. The number of anilines is 1. The summed E-state index contributed by atoms with van der Waals surface area (Å²) in [5.74, 6) is -1.27. The number of hydrogen-bond acceptors (Lipinski definition) is 22. The quantitative estimate of drug-likeness (QED) is 0.0421. The van der Waals surface area contributed by atoms with Crippen LogP contribution in [0.4, 0.5) is 5.82 Å². The van der Waals surface area contributed by atoms with Crippen molar-refractivity contribution in [1.82, 2.24) is 30.2 Å². The Morgan fingerprint density at radius 3 is 2.41 bits per heavy atom. The van der Waals surface area contributed by atoms with Gasteiger partial charge >= 0.3 is 0 Å². The molecule has 4 rings (SSSR count). The van der Waals surface area contributed by atoms with Crippen molar-refractivity contribution in [1.29, 1.82) is 0 Å². The zero-order chi connectivity index (χ0) is 43.8. The minimum Gasteiger partial charge on any atom is -0.790 e. The van der Waals surface area contributed by atoms with Gasteiger partial charge in [-0.1, -0.05) is 55.9 Å². The summed E-state index contributed by atoms with van der Waals surface area (Å²) in [6, 6.07) is 9.11. The minimum atomic E-state index is -5.92. The van der Waals surface area contributed by atoms with E-state index in [1.165, 1.54) is 13.8 Å². The van der Waals surface area contributed by atoms with Crippen molar-refractivity contribution in [3.63, 3.8) is 0 Å². The Labute approximate surface area is 340 Å². The molecule has 9 N–H and O–H groups in total. The summed E-state index contributed by atoms with van der Waals surface area (Å²) in [6.45, 7) is 0.0431. The molecule has 25 nitrogen and oxygen atoms in total. The van der Waals surface area contributed by atoms with Crippen LogP contribution in [0.1, 0.15) is 44.5 Å². The predicted octanol–water partition coefficient (Wildman–Crippen LogP) is -3.49. The molecule has 3 unspecified atom stereocenters. The fourth-order valence-corrected chi connectivity index (χ4v) is 8.86. The summed E-state index contributed by atoms with van der Waals surface area (Å²) in [6.07, 6.45) is -7.41. The largest absolute Gasteiger partial charge is 0.790 e. The van der Waals surface area contributed by atoms with Crippen LogP contribution in [0.5, 0.6) is 0 Å². The summed E-state index contributed by atoms with van der Waals surface area (Å²) >= 11 is 1.04. The van der Waals surface area contributed by atoms with E-state index >= 15 is 0 Å². The van der Waals surface area contributed by atoms with Gasteiger partial charge in [-0.05, 0) is 0 Å². The van der Waals surface area contributed by atoms with Crippen LogP contribution in [-0.2, 0) is 50.7 Å². The predicted molar refractivity (Wildman–Crippen MR) is 195 cm³/mol. The molecule has 2 aromatic heterocycles. The zero-order valence-corrected chi connectivity index (χ0v) is 34.8. The van der Waals surface area contributed by atoms with E-state index in [0.29, 0.717) is 5.75 Å². The lowest BCUT2D eigenvalue weighted by Crippen LogP contribution is -2.54. The average molecular weight is 912 g/mol. The second-order valence-corrected chi connectivity index (χ2v) is 18.7. The summed E-state index contributed by atoms with van der Waals surface area (Å²) in [5, 5.41) is 26.2. The molecule has 0 bridgehead atoms. The molecule has 1 aromatic carbocycles. The van der Waals surface area contributed by atoms with Crippen LogP contribution < -0.4 is 41.7 Å². The number of carbonyl (C=O) groups is 3. The fraction of sp³-hybridized carbons (Fsp3) is 0.533. The molecule has 1 saturated heterocycles. The van der Waals surface area contributed by atoms with E-state index in [4.69, 9.17) is 10.5 Å². The first kappa shape index (κ1) is 48.4. The molecule has 1 fully saturated rings. The van der Waals surface area contributed by atoms with E-state index in [1.807, 2.05) is 30.3 Å². The van der Waals surface area contributed by atoms with Gasteiger partial charge in [0.15, 0.2) is 22.8 Å². The molecule has 8 atom stereocenters. The maximum absolute atomic E-state index is 12.6. The number of aliphatic hydroxyl groups excluding tert-OH is 2. The maximum atomic E-state index is 12.6. The topological polar surface area (TPSA) is 403 Å². The lowest BCUT2D eigenvalue weighted by molar-refractivity contribution is -0.424. The van der Waals surface area contributed by atoms with Gasteiger partial charge in [-0.2, -0.15) is 0 Å². The Morgan fingerprint density at radius 2 is 1.73 bits per heavy atom. The van der Waals surface area contributed by atoms with Crippen LogP contribution in [0.3, 0.4) is 0 Å². The van der Waals surface area contributed by atoms with Crippen LogP contribution in [0.15, 0.2) is 43.0 Å². The summed E-state index contributed by atoms with van der Waals surface area (Å²) in [4.78, 5) is 96.5. The lowest BCUT2D eigenvalue weighted by atomic mass is 9.87. The number of aromatic nitrogens is 4. The van der Waals surface area contributed by atoms with Crippen LogP contribution in [0.25, 0.3) is 11.2 Å². The molecule has 0 radical (unpaired) electrons. The number of phosphoric ester groups is 3. The van der Waals surface area contributed by atoms with Gasteiger partial charge in [-0.25, -0.2) is 19.3 Å². The number of nitrogen functional groups attached to an aromatic ring is 1. The first-order chi connectivity index (χ1) is 27.5. The highest BCUT2D eigenvalue weighted by atomic mass is 32.2. The molecule has 0 spiro atoms. The van der Waals surface area contributed by atoms with Gasteiger partial charge in [0.2, 0.25) is 11.8 Å². The number of ether oxygens (including phenoxy) is 1. The van der Waals surface area contributed by atoms with E-state index < -0.39 is 84.6 Å². The van der Waals surface area contributed by atoms with E-state index in [9.17, 15) is 57.9 Å². The van der Waals surface area contributed by atoms with Crippen LogP contribution in [-0.4, -0.2) is 103 Å². The van der Waals surface area contributed by atoms with Gasteiger partial charge in [0.25, 0.3) is 15.6 Å². The monoisotopic (exact) mass is 911 g/mol. The van der Waals surface area contributed by atoms with E-state index in [0.717, 1.165) is 34.5 Å². The third-order valence-electron chi connectivity index (χ3n) is 8.42. The number of quaternary nitrogens is 1. The van der Waals surface area contributed by atoms with Crippen molar-refractivity contribution in [2.45, 2.75) is 63.4 Å². The number of nitrogens with two attached hydrogens (primary N) is 1. The van der Waals surface area contributed by atoms with Gasteiger partial charge in [0, 0.05) is 36.2 Å². The Bertz CT molecular complexity index is 2080. The molecule has 0 saturated carbocycles. The molecule has 3 heterocycles. The van der Waals surface area contributed by atoms with Crippen molar-refractivity contribution >= 4 is 69.1 Å². The number of rotatable bonds is 22. The Hall–Kier alpha value is -3.26. The molecular formula is C30H42N8O17P3S-3. The first-order valence-corrected chi connectivity index (χ1v) is 22.7. The van der Waals surface area contributed by atoms with Gasteiger partial charge in [-0.3, -0.25) is 28.1 Å². The van der Waals surface area contributed by atoms with Crippen molar-refractivity contribution in [2.75, 3.05) is 37.8 Å². The third-order valence-corrected chi connectivity index (χ3v) is 12.3. The molecule has 59 heavy (non-hydrogen) atoms. The second-order valence-electron chi connectivity index (χ2n) is 13.5. The first-order valence-electron chi connectivity index (χ1n) is 17.3. The number of phosphoric acid groups is 3. The van der Waals surface area contributed by atoms with Crippen molar-refractivity contribution in [3.8, 4) is 0 Å². The molecule has 0 aliphatic carbocycles. The smallest absolute Gasteiger partial charge is 0.274 e. The highest BCUT2D eigenvalue weighted by Gasteiger charge is 2.47. The standard InChI is InChI=1S/C30H45N8O17P3S/c1-30(2,25(42)28(43)34-9-8-20(39)33-10-11-59-21(40)12-18(31)17-6-4-3-5-7-17)14-52-58(49,50)55-57(47,48)51-13-19-24(54-56(44,45)46)23(41)29(53-19)38-16-37-22-26(32)35-15-36-27(22)38/h3-7,15-16,18-19,23-25,29,41-42H,8-14,31H2,1-2H3,(H,33,39)(H,34,43)(H,47,48)(H,49,50)(H2,32,35,36)(H2,44,45,46)/p-3/t18?,19-,23-,24-,25+,29-/m1/s1. The summed E-state index contributed by atoms with van der Waals surface area (Å²) < 4.78 is 60.6. The average Bonchev–Trinajstić information content (AvgIpc) is 3.71. The molecule has 29 heteroatoms. The minimum absolute atomic E-state index is 0.0234. The second kappa shape index (κ2) is 20.5. The van der Waals surface area contributed by atoms with Crippen molar-refractivity contribution in [3.05, 3.63) is 48.5 Å². The molecule has 328 valence electrons. The molecule has 3 aromatic rings. The molecule has 2 amide bonds. The number of aliphatic hydroxyl groups is 2. The van der Waals surface area contributed by atoms with Crippen molar-refractivity contribution < 1.29 is 86.2 Å². The number of benzene rings is 1. The normalized spacial score (nSPS) is 21.6. The Morgan fingerprint density at radius 1 is 1.05 bits per heavy atom. The fourth-order valence-electron chi connectivity index (χ4n) is 5.38. The number of carbonyl (C=O) groups excluding carboxylic acids is 3. The number of nitrogens with zero attached hydrogens (tertiary/aromatic N) is 4. The lowest BCUT2D eigenvalue weighted by Gasteiger charge is -2.36. The van der Waals surface area contributed by atoms with E-state index in [1.54, 1.807) is 0 Å². The van der Waals surface area contributed by atoms with Gasteiger partial charge in [-0.15, -0.1) is 0 Å². The Kier molecular flexibility index (Phi) is 16.8. The van der Waals surface area contributed by atoms with Crippen molar-refractivity contribution in [2.24, 2.45) is 5.41 Å². The van der Waals surface area contributed by atoms with Crippen LogP contribution in [0, 0.1) is 5.41 Å². The summed E-state index contributed by atoms with van der Waals surface area (Å²) in [7, 11) is -17.6. The zero-order valence-electron chi connectivity index (χ0n) is 31.3. The summed E-state index contributed by atoms with van der Waals surface area (Å²) in [5.41, 5.74) is 8.98. The van der Waals surface area contributed by atoms with E-state index in [-0.39, 0.29) is 54.1 Å². The molecule has 1 aliphatic heterocycles. The highest BCUT2D eigenvalue weighted by molar-refractivity contribution is 8.13.